The zero-order valence-corrected chi connectivity index (χ0v) is 13.8. The molecule has 0 fully saturated rings. The molecule has 5 nitrogen and oxygen atoms in total. The third-order valence-electron chi connectivity index (χ3n) is 3.99. The molecule has 124 valence electrons. The first-order valence-corrected chi connectivity index (χ1v) is 7.74. The third-order valence-corrected chi connectivity index (χ3v) is 3.99. The summed E-state index contributed by atoms with van der Waals surface area (Å²) in [5.74, 6) is 1.26. The second kappa shape index (κ2) is 7.08. The molecule has 0 aliphatic heterocycles. The molecule has 3 aromatic rings. The topological polar surface area (TPSA) is 63.3 Å². The van der Waals surface area contributed by atoms with E-state index in [1.807, 2.05) is 48.7 Å². The van der Waals surface area contributed by atoms with E-state index in [1.54, 1.807) is 14.2 Å². The van der Waals surface area contributed by atoms with Gasteiger partial charge in [-0.15, -0.1) is 0 Å². The standard InChI is InChI=1S/C19H20N2O3/c1-23-17-9-5-6-13(19(17)24-2)11-21-18(22)10-14-12-20-16-8-4-3-7-15(14)16/h3-9,12,20H,10-11H2,1-2H3,(H,21,22). The molecular weight excluding hydrogens is 304 g/mol. The Bertz CT molecular complexity index is 855. The number of fused-ring (bicyclic) bond motifs is 1. The average Bonchev–Trinajstić information content (AvgIpc) is 3.02. The van der Waals surface area contributed by atoms with Crippen LogP contribution in [0.1, 0.15) is 11.1 Å². The number of para-hydroxylation sites is 2. The van der Waals surface area contributed by atoms with Crippen LogP contribution in [0.3, 0.4) is 0 Å². The number of carbonyl (C=O) groups excluding carboxylic acids is 1. The lowest BCUT2D eigenvalue weighted by molar-refractivity contribution is -0.120. The molecule has 0 spiro atoms. The predicted molar refractivity (Wildman–Crippen MR) is 93.4 cm³/mol. The van der Waals surface area contributed by atoms with Crippen LogP contribution in [-0.4, -0.2) is 25.1 Å². The Morgan fingerprint density at radius 1 is 1.04 bits per heavy atom. The minimum absolute atomic E-state index is 0.0374. The molecule has 0 saturated carbocycles. The summed E-state index contributed by atoms with van der Waals surface area (Å²) in [5.41, 5.74) is 2.90. The molecule has 0 atom stereocenters. The number of benzene rings is 2. The summed E-state index contributed by atoms with van der Waals surface area (Å²) in [4.78, 5) is 15.5. The van der Waals surface area contributed by atoms with E-state index in [9.17, 15) is 4.79 Å². The fraction of sp³-hybridized carbons (Fsp3) is 0.211. The van der Waals surface area contributed by atoms with E-state index in [0.717, 1.165) is 22.0 Å². The van der Waals surface area contributed by atoms with Gasteiger partial charge < -0.3 is 19.8 Å². The van der Waals surface area contributed by atoms with Crippen molar-refractivity contribution in [2.24, 2.45) is 0 Å². The van der Waals surface area contributed by atoms with E-state index >= 15 is 0 Å². The Morgan fingerprint density at radius 3 is 2.67 bits per heavy atom. The Hall–Kier alpha value is -2.95. The van der Waals surface area contributed by atoms with Gasteiger partial charge in [0.1, 0.15) is 0 Å². The highest BCUT2D eigenvalue weighted by atomic mass is 16.5. The zero-order valence-electron chi connectivity index (χ0n) is 13.8. The lowest BCUT2D eigenvalue weighted by Crippen LogP contribution is -2.24. The highest BCUT2D eigenvalue weighted by molar-refractivity contribution is 5.88. The highest BCUT2D eigenvalue weighted by Gasteiger charge is 2.12. The average molecular weight is 324 g/mol. The summed E-state index contributed by atoms with van der Waals surface area (Å²) < 4.78 is 10.7. The number of rotatable bonds is 6. The van der Waals surface area contributed by atoms with Crippen LogP contribution in [0.5, 0.6) is 11.5 Å². The van der Waals surface area contributed by atoms with Crippen molar-refractivity contribution in [1.82, 2.24) is 10.3 Å². The first-order valence-electron chi connectivity index (χ1n) is 7.74. The second-order valence-corrected chi connectivity index (χ2v) is 5.47. The van der Waals surface area contributed by atoms with Crippen LogP contribution < -0.4 is 14.8 Å². The number of H-pyrrole nitrogens is 1. The van der Waals surface area contributed by atoms with E-state index in [4.69, 9.17) is 9.47 Å². The number of amides is 1. The van der Waals surface area contributed by atoms with Gasteiger partial charge >= 0.3 is 0 Å². The van der Waals surface area contributed by atoms with Gasteiger partial charge in [-0.2, -0.15) is 0 Å². The van der Waals surface area contributed by atoms with Crippen LogP contribution in [0.2, 0.25) is 0 Å². The summed E-state index contributed by atoms with van der Waals surface area (Å²) in [6.07, 6.45) is 2.21. The Balaban J connectivity index is 1.68. The van der Waals surface area contributed by atoms with Gasteiger partial charge in [-0.25, -0.2) is 0 Å². The van der Waals surface area contributed by atoms with Crippen LogP contribution in [0.15, 0.2) is 48.7 Å². The van der Waals surface area contributed by atoms with Gasteiger partial charge in [-0.3, -0.25) is 4.79 Å². The number of aromatic amines is 1. The fourth-order valence-electron chi connectivity index (χ4n) is 2.80. The number of methoxy groups -OCH3 is 2. The molecule has 3 rings (SSSR count). The first kappa shape index (κ1) is 15.9. The molecule has 0 aliphatic rings. The molecule has 1 aromatic heterocycles. The molecule has 24 heavy (non-hydrogen) atoms. The monoisotopic (exact) mass is 324 g/mol. The van der Waals surface area contributed by atoms with Gasteiger partial charge in [0.25, 0.3) is 0 Å². The number of ether oxygens (including phenoxy) is 2. The van der Waals surface area contributed by atoms with Crippen molar-refractivity contribution in [3.8, 4) is 11.5 Å². The Morgan fingerprint density at radius 2 is 1.88 bits per heavy atom. The van der Waals surface area contributed by atoms with Crippen LogP contribution >= 0.6 is 0 Å². The van der Waals surface area contributed by atoms with Crippen molar-refractivity contribution in [2.45, 2.75) is 13.0 Å². The normalized spacial score (nSPS) is 10.6. The number of hydrogen-bond donors (Lipinski definition) is 2. The molecular formula is C19H20N2O3. The maximum absolute atomic E-state index is 12.3. The number of carbonyl (C=O) groups is 1. The Kier molecular flexibility index (Phi) is 4.70. The van der Waals surface area contributed by atoms with Crippen LogP contribution in [0, 0.1) is 0 Å². The molecule has 2 N–H and O–H groups in total. The SMILES string of the molecule is COc1cccc(CNC(=O)Cc2c[nH]c3ccccc23)c1OC. The van der Waals surface area contributed by atoms with E-state index in [-0.39, 0.29) is 5.91 Å². The fourth-order valence-corrected chi connectivity index (χ4v) is 2.80. The van der Waals surface area contributed by atoms with Crippen LogP contribution in [-0.2, 0) is 17.8 Å². The largest absolute Gasteiger partial charge is 0.493 e. The lowest BCUT2D eigenvalue weighted by atomic mass is 10.1. The van der Waals surface area contributed by atoms with Crippen LogP contribution in [0.4, 0.5) is 0 Å². The number of nitrogens with one attached hydrogen (secondary N) is 2. The third kappa shape index (κ3) is 3.20. The van der Waals surface area contributed by atoms with Gasteiger partial charge in [0.2, 0.25) is 5.91 Å². The quantitative estimate of drug-likeness (QED) is 0.732. The summed E-state index contributed by atoms with van der Waals surface area (Å²) in [5, 5.41) is 4.02. The van der Waals surface area contributed by atoms with E-state index in [2.05, 4.69) is 10.3 Å². The van der Waals surface area contributed by atoms with Gasteiger partial charge in [-0.05, 0) is 17.7 Å². The first-order chi connectivity index (χ1) is 11.7. The van der Waals surface area contributed by atoms with Gasteiger partial charge in [0.15, 0.2) is 11.5 Å². The van der Waals surface area contributed by atoms with Crippen molar-refractivity contribution < 1.29 is 14.3 Å². The second-order valence-electron chi connectivity index (χ2n) is 5.47. The Labute approximate surface area is 140 Å². The molecule has 0 saturated heterocycles. The van der Waals surface area contributed by atoms with E-state index < -0.39 is 0 Å². The molecule has 1 amide bonds. The maximum atomic E-state index is 12.3. The highest BCUT2D eigenvalue weighted by Crippen LogP contribution is 2.30. The van der Waals surface area contributed by atoms with E-state index in [0.29, 0.717) is 24.5 Å². The molecule has 0 radical (unpaired) electrons. The number of aromatic nitrogens is 1. The van der Waals surface area contributed by atoms with E-state index in [1.165, 1.54) is 0 Å². The van der Waals surface area contributed by atoms with Gasteiger partial charge in [0, 0.05) is 29.2 Å². The molecule has 0 bridgehead atoms. The molecule has 2 aromatic carbocycles. The van der Waals surface area contributed by atoms with Crippen molar-refractivity contribution in [3.63, 3.8) is 0 Å². The van der Waals surface area contributed by atoms with Crippen molar-refractivity contribution in [2.75, 3.05) is 14.2 Å². The predicted octanol–water partition coefficient (Wildman–Crippen LogP) is 3.04. The summed E-state index contributed by atoms with van der Waals surface area (Å²) in [6, 6.07) is 13.6. The van der Waals surface area contributed by atoms with Gasteiger partial charge in [0.05, 0.1) is 20.6 Å². The zero-order chi connectivity index (χ0) is 16.9. The van der Waals surface area contributed by atoms with Crippen LogP contribution in [0.25, 0.3) is 10.9 Å². The molecule has 5 heteroatoms. The minimum Gasteiger partial charge on any atom is -0.493 e. The lowest BCUT2D eigenvalue weighted by Gasteiger charge is -2.13. The van der Waals surface area contributed by atoms with Crippen molar-refractivity contribution in [1.29, 1.82) is 0 Å². The van der Waals surface area contributed by atoms with Gasteiger partial charge in [-0.1, -0.05) is 30.3 Å². The smallest absolute Gasteiger partial charge is 0.224 e. The molecule has 0 aliphatic carbocycles. The maximum Gasteiger partial charge on any atom is 0.224 e. The number of hydrogen-bond acceptors (Lipinski definition) is 3. The molecule has 0 unspecified atom stereocenters. The molecule has 1 heterocycles. The van der Waals surface area contributed by atoms with Crippen molar-refractivity contribution in [3.05, 3.63) is 59.8 Å². The minimum atomic E-state index is -0.0374. The summed E-state index contributed by atoms with van der Waals surface area (Å²) >= 11 is 0. The summed E-state index contributed by atoms with van der Waals surface area (Å²) in [7, 11) is 3.19. The van der Waals surface area contributed by atoms with Crippen molar-refractivity contribution >= 4 is 16.8 Å². The summed E-state index contributed by atoms with van der Waals surface area (Å²) in [6.45, 7) is 0.390.